The lowest BCUT2D eigenvalue weighted by Gasteiger charge is -2.36. The highest BCUT2D eigenvalue weighted by molar-refractivity contribution is 5.98. The van der Waals surface area contributed by atoms with Crippen LogP contribution in [0.1, 0.15) is 30.1 Å². The summed E-state index contributed by atoms with van der Waals surface area (Å²) in [6, 6.07) is 8.05. The third kappa shape index (κ3) is 2.64. The smallest absolute Gasteiger partial charge is 0.250 e. The van der Waals surface area contributed by atoms with Crippen LogP contribution in [0, 0.1) is 0 Å². The van der Waals surface area contributed by atoms with Gasteiger partial charge < -0.3 is 16.0 Å². The lowest BCUT2D eigenvalue weighted by Crippen LogP contribution is -2.46. The molecule has 1 heterocycles. The maximum absolute atomic E-state index is 11.5. The standard InChI is InChI=1S/C14H21N3O/c1-2-17(11-6-5-9-16-10-11)13-8-4-3-7-12(13)14(15)18/h3-4,7-8,11,16H,2,5-6,9-10H2,1H3,(H2,15,18). The zero-order valence-electron chi connectivity index (χ0n) is 10.9. The number of para-hydroxylation sites is 1. The van der Waals surface area contributed by atoms with E-state index >= 15 is 0 Å². The van der Waals surface area contributed by atoms with Crippen LogP contribution >= 0.6 is 0 Å². The average molecular weight is 247 g/mol. The second kappa shape index (κ2) is 5.87. The molecule has 1 saturated heterocycles. The molecule has 1 atom stereocenters. The van der Waals surface area contributed by atoms with Gasteiger partial charge in [-0.3, -0.25) is 4.79 Å². The minimum atomic E-state index is -0.354. The number of carbonyl (C=O) groups excluding carboxylic acids is 1. The number of hydrogen-bond acceptors (Lipinski definition) is 3. The van der Waals surface area contributed by atoms with Crippen molar-refractivity contribution >= 4 is 11.6 Å². The number of amides is 1. The number of primary amides is 1. The van der Waals surface area contributed by atoms with E-state index in [1.54, 1.807) is 6.07 Å². The van der Waals surface area contributed by atoms with Gasteiger partial charge in [0.05, 0.1) is 5.56 Å². The average Bonchev–Trinajstić information content (AvgIpc) is 2.41. The minimum absolute atomic E-state index is 0.354. The molecule has 0 aromatic heterocycles. The number of piperidine rings is 1. The van der Waals surface area contributed by atoms with E-state index in [4.69, 9.17) is 5.73 Å². The van der Waals surface area contributed by atoms with Crippen molar-refractivity contribution in [2.45, 2.75) is 25.8 Å². The fourth-order valence-electron chi connectivity index (χ4n) is 2.66. The third-order valence-electron chi connectivity index (χ3n) is 3.53. The second-order valence-corrected chi connectivity index (χ2v) is 4.67. The quantitative estimate of drug-likeness (QED) is 0.844. The molecule has 1 fully saturated rings. The summed E-state index contributed by atoms with van der Waals surface area (Å²) in [6.45, 7) is 5.06. The minimum Gasteiger partial charge on any atom is -0.367 e. The highest BCUT2D eigenvalue weighted by Gasteiger charge is 2.22. The van der Waals surface area contributed by atoms with Crippen LogP contribution < -0.4 is 16.0 Å². The van der Waals surface area contributed by atoms with Crippen molar-refractivity contribution in [2.24, 2.45) is 5.73 Å². The molecule has 1 amide bonds. The number of rotatable bonds is 4. The summed E-state index contributed by atoms with van der Waals surface area (Å²) in [5.41, 5.74) is 7.03. The Hall–Kier alpha value is -1.55. The van der Waals surface area contributed by atoms with Crippen LogP contribution in [0.2, 0.25) is 0 Å². The Balaban J connectivity index is 2.28. The molecule has 0 saturated carbocycles. The van der Waals surface area contributed by atoms with Crippen molar-refractivity contribution < 1.29 is 4.79 Å². The third-order valence-corrected chi connectivity index (χ3v) is 3.53. The van der Waals surface area contributed by atoms with E-state index < -0.39 is 0 Å². The van der Waals surface area contributed by atoms with E-state index in [0.717, 1.165) is 31.7 Å². The number of anilines is 1. The number of carbonyl (C=O) groups is 1. The zero-order valence-corrected chi connectivity index (χ0v) is 10.9. The molecule has 0 spiro atoms. The fraction of sp³-hybridized carbons (Fsp3) is 0.500. The Morgan fingerprint density at radius 3 is 2.89 bits per heavy atom. The maximum Gasteiger partial charge on any atom is 0.250 e. The van der Waals surface area contributed by atoms with Crippen LogP contribution in [0.15, 0.2) is 24.3 Å². The van der Waals surface area contributed by atoms with Crippen molar-refractivity contribution in [3.63, 3.8) is 0 Å². The van der Waals surface area contributed by atoms with E-state index in [-0.39, 0.29) is 5.91 Å². The lowest BCUT2D eigenvalue weighted by molar-refractivity contribution is 0.100. The molecule has 18 heavy (non-hydrogen) atoms. The second-order valence-electron chi connectivity index (χ2n) is 4.67. The van der Waals surface area contributed by atoms with Gasteiger partial charge in [-0.15, -0.1) is 0 Å². The first-order valence-corrected chi connectivity index (χ1v) is 6.60. The van der Waals surface area contributed by atoms with Crippen molar-refractivity contribution in [1.82, 2.24) is 5.32 Å². The monoisotopic (exact) mass is 247 g/mol. The molecular formula is C14H21N3O. The van der Waals surface area contributed by atoms with Gasteiger partial charge in [0.2, 0.25) is 0 Å². The van der Waals surface area contributed by atoms with Gasteiger partial charge in [-0.2, -0.15) is 0 Å². The number of hydrogen-bond donors (Lipinski definition) is 2. The van der Waals surface area contributed by atoms with Gasteiger partial charge in [0, 0.05) is 24.8 Å². The summed E-state index contributed by atoms with van der Waals surface area (Å²) in [7, 11) is 0. The van der Waals surface area contributed by atoms with E-state index in [9.17, 15) is 4.79 Å². The molecule has 3 N–H and O–H groups in total. The Morgan fingerprint density at radius 1 is 1.50 bits per heavy atom. The molecule has 1 aliphatic rings. The molecule has 0 radical (unpaired) electrons. The fourth-order valence-corrected chi connectivity index (χ4v) is 2.66. The molecule has 0 aliphatic carbocycles. The summed E-state index contributed by atoms with van der Waals surface area (Å²) in [4.78, 5) is 13.8. The van der Waals surface area contributed by atoms with Gasteiger partial charge in [-0.25, -0.2) is 0 Å². The predicted molar refractivity (Wildman–Crippen MR) is 73.9 cm³/mol. The van der Waals surface area contributed by atoms with E-state index in [0.29, 0.717) is 11.6 Å². The molecule has 1 aromatic rings. The van der Waals surface area contributed by atoms with Gasteiger partial charge in [-0.1, -0.05) is 12.1 Å². The highest BCUT2D eigenvalue weighted by atomic mass is 16.1. The number of benzene rings is 1. The zero-order chi connectivity index (χ0) is 13.0. The number of nitrogens with zero attached hydrogens (tertiary/aromatic N) is 1. The van der Waals surface area contributed by atoms with Crippen LogP contribution in [0.3, 0.4) is 0 Å². The Morgan fingerprint density at radius 2 is 2.28 bits per heavy atom. The summed E-state index contributed by atoms with van der Waals surface area (Å²) < 4.78 is 0. The molecule has 4 heteroatoms. The molecule has 98 valence electrons. The molecule has 2 rings (SSSR count). The van der Waals surface area contributed by atoms with Crippen LogP contribution in [0.5, 0.6) is 0 Å². The van der Waals surface area contributed by atoms with Crippen LogP contribution in [0.25, 0.3) is 0 Å². The molecular weight excluding hydrogens is 226 g/mol. The molecule has 4 nitrogen and oxygen atoms in total. The SMILES string of the molecule is CCN(c1ccccc1C(N)=O)C1CCCNC1. The van der Waals surface area contributed by atoms with E-state index in [1.807, 2.05) is 18.2 Å². The number of nitrogens with two attached hydrogens (primary N) is 1. The van der Waals surface area contributed by atoms with Gasteiger partial charge >= 0.3 is 0 Å². The van der Waals surface area contributed by atoms with Crippen molar-refractivity contribution in [3.05, 3.63) is 29.8 Å². The molecule has 1 aliphatic heterocycles. The first-order chi connectivity index (χ1) is 8.74. The van der Waals surface area contributed by atoms with Gasteiger partial charge in [0.25, 0.3) is 5.91 Å². The molecule has 0 bridgehead atoms. The Bertz CT molecular complexity index is 413. The van der Waals surface area contributed by atoms with Crippen molar-refractivity contribution in [1.29, 1.82) is 0 Å². The van der Waals surface area contributed by atoms with Crippen LogP contribution in [0.4, 0.5) is 5.69 Å². The first kappa shape index (κ1) is 12.9. The summed E-state index contributed by atoms with van der Waals surface area (Å²) in [6.07, 6.45) is 2.34. The summed E-state index contributed by atoms with van der Waals surface area (Å²) >= 11 is 0. The summed E-state index contributed by atoms with van der Waals surface area (Å²) in [5, 5.41) is 3.41. The maximum atomic E-state index is 11.5. The largest absolute Gasteiger partial charge is 0.367 e. The lowest BCUT2D eigenvalue weighted by atomic mass is 10.0. The predicted octanol–water partition coefficient (Wildman–Crippen LogP) is 1.36. The Kier molecular flexibility index (Phi) is 4.20. The van der Waals surface area contributed by atoms with Crippen LogP contribution in [-0.2, 0) is 0 Å². The van der Waals surface area contributed by atoms with Gasteiger partial charge in [0.1, 0.15) is 0 Å². The van der Waals surface area contributed by atoms with E-state index in [1.165, 1.54) is 6.42 Å². The number of likely N-dealkylation sites (N-methyl/N-ethyl adjacent to an activating group) is 1. The van der Waals surface area contributed by atoms with Gasteiger partial charge in [-0.05, 0) is 38.4 Å². The molecule has 1 unspecified atom stereocenters. The summed E-state index contributed by atoms with van der Waals surface area (Å²) in [5.74, 6) is -0.354. The van der Waals surface area contributed by atoms with Crippen molar-refractivity contribution in [3.8, 4) is 0 Å². The van der Waals surface area contributed by atoms with E-state index in [2.05, 4.69) is 17.1 Å². The first-order valence-electron chi connectivity index (χ1n) is 6.60. The van der Waals surface area contributed by atoms with Crippen LogP contribution in [-0.4, -0.2) is 31.6 Å². The van der Waals surface area contributed by atoms with Crippen molar-refractivity contribution in [2.75, 3.05) is 24.5 Å². The molecule has 1 aromatic carbocycles. The highest BCUT2D eigenvalue weighted by Crippen LogP contribution is 2.24. The number of nitrogens with one attached hydrogen (secondary N) is 1. The normalized spacial score (nSPS) is 19.5. The Labute approximate surface area is 108 Å². The van der Waals surface area contributed by atoms with Gasteiger partial charge in [0.15, 0.2) is 0 Å². The topological polar surface area (TPSA) is 58.4 Å².